The lowest BCUT2D eigenvalue weighted by molar-refractivity contribution is -0.140. The number of carbonyl (C=O) groups is 2. The minimum Gasteiger partial charge on any atom is -0.352 e. The van der Waals surface area contributed by atoms with E-state index in [1.54, 1.807) is 67.6 Å². The van der Waals surface area contributed by atoms with Gasteiger partial charge in [0.05, 0.1) is 10.6 Å². The molecule has 1 N–H and O–H groups in total. The van der Waals surface area contributed by atoms with Crippen LogP contribution in [0.3, 0.4) is 0 Å². The molecule has 0 fully saturated rings. The lowest BCUT2D eigenvalue weighted by Crippen LogP contribution is -2.53. The highest BCUT2D eigenvalue weighted by atomic mass is 35.5. The van der Waals surface area contributed by atoms with E-state index in [1.807, 2.05) is 26.8 Å². The van der Waals surface area contributed by atoms with Crippen LogP contribution in [0.4, 0.5) is 5.69 Å². The number of sulfonamides is 1. The Labute approximate surface area is 236 Å². The molecule has 0 bridgehead atoms. The molecule has 0 heterocycles. The molecule has 2 unspecified atom stereocenters. The Morgan fingerprint density at radius 2 is 1.51 bits per heavy atom. The summed E-state index contributed by atoms with van der Waals surface area (Å²) in [6.45, 7) is 7.16. The van der Waals surface area contributed by atoms with Gasteiger partial charge < -0.3 is 10.2 Å². The number of para-hydroxylation sites is 1. The largest absolute Gasteiger partial charge is 0.352 e. The van der Waals surface area contributed by atoms with Crippen molar-refractivity contribution in [2.45, 2.75) is 64.1 Å². The molecule has 208 valence electrons. The number of hydrogen-bond donors (Lipinski definition) is 1. The number of carbonyl (C=O) groups excluding carboxylic acids is 2. The van der Waals surface area contributed by atoms with Gasteiger partial charge in [-0.25, -0.2) is 8.42 Å². The van der Waals surface area contributed by atoms with Gasteiger partial charge in [-0.15, -0.1) is 0 Å². The third-order valence-electron chi connectivity index (χ3n) is 6.65. The maximum atomic E-state index is 14.1. The lowest BCUT2D eigenvalue weighted by Gasteiger charge is -2.34. The second kappa shape index (κ2) is 13.6. The number of anilines is 1. The van der Waals surface area contributed by atoms with Crippen molar-refractivity contribution >= 4 is 39.1 Å². The number of benzene rings is 3. The van der Waals surface area contributed by atoms with Crippen LogP contribution in [0, 0.1) is 6.92 Å². The van der Waals surface area contributed by atoms with Crippen LogP contribution in [0.25, 0.3) is 0 Å². The molecular weight excluding hydrogens is 534 g/mol. The summed E-state index contributed by atoms with van der Waals surface area (Å²) >= 11 is 6.07. The summed E-state index contributed by atoms with van der Waals surface area (Å²) in [6, 6.07) is 21.2. The standard InChI is InChI=1S/C30H36ClN3O4S/c1-5-23(4)32-30(36)27(6-2)33(20-24-16-18-25(31)19-17-24)29(35)21-34(28-15-11-10-12-22(28)3)39(37,38)26-13-8-7-9-14-26/h7-19,23,27H,5-6,20-21H2,1-4H3,(H,32,36). The summed E-state index contributed by atoms with van der Waals surface area (Å²) in [5, 5.41) is 3.53. The Kier molecular flexibility index (Phi) is 10.5. The second-order valence-electron chi connectivity index (χ2n) is 9.50. The van der Waals surface area contributed by atoms with Crippen molar-refractivity contribution in [2.75, 3.05) is 10.8 Å². The number of halogens is 1. The van der Waals surface area contributed by atoms with E-state index in [4.69, 9.17) is 11.6 Å². The summed E-state index contributed by atoms with van der Waals surface area (Å²) in [4.78, 5) is 28.9. The fourth-order valence-corrected chi connectivity index (χ4v) is 5.85. The Morgan fingerprint density at radius 3 is 2.10 bits per heavy atom. The summed E-state index contributed by atoms with van der Waals surface area (Å²) in [7, 11) is -4.09. The quantitative estimate of drug-likeness (QED) is 0.309. The molecule has 3 aromatic rings. The minimum atomic E-state index is -4.09. The van der Waals surface area contributed by atoms with Crippen LogP contribution in [0.15, 0.2) is 83.8 Å². The molecule has 39 heavy (non-hydrogen) atoms. The molecule has 0 aliphatic rings. The Balaban J connectivity index is 2.05. The Hall–Kier alpha value is -3.36. The predicted molar refractivity (Wildman–Crippen MR) is 156 cm³/mol. The maximum Gasteiger partial charge on any atom is 0.264 e. The van der Waals surface area contributed by atoms with Crippen LogP contribution in [0.1, 0.15) is 44.7 Å². The van der Waals surface area contributed by atoms with Crippen molar-refractivity contribution in [1.82, 2.24) is 10.2 Å². The van der Waals surface area contributed by atoms with Crippen LogP contribution < -0.4 is 9.62 Å². The van der Waals surface area contributed by atoms with Gasteiger partial charge in [0.1, 0.15) is 12.6 Å². The summed E-state index contributed by atoms with van der Waals surface area (Å²) < 4.78 is 28.8. The molecule has 0 aliphatic carbocycles. The molecular formula is C30H36ClN3O4S. The van der Waals surface area contributed by atoms with Crippen LogP contribution in [0.5, 0.6) is 0 Å². The first-order valence-electron chi connectivity index (χ1n) is 13.1. The molecule has 0 saturated carbocycles. The van der Waals surface area contributed by atoms with E-state index in [-0.39, 0.29) is 23.4 Å². The zero-order valence-electron chi connectivity index (χ0n) is 22.8. The molecule has 7 nitrogen and oxygen atoms in total. The van der Waals surface area contributed by atoms with E-state index in [0.29, 0.717) is 22.7 Å². The molecule has 0 saturated heterocycles. The highest BCUT2D eigenvalue weighted by Gasteiger charge is 2.34. The zero-order chi connectivity index (χ0) is 28.6. The molecule has 2 atom stereocenters. The summed E-state index contributed by atoms with van der Waals surface area (Å²) in [6.07, 6.45) is 1.10. The highest BCUT2D eigenvalue weighted by molar-refractivity contribution is 7.92. The van der Waals surface area contributed by atoms with Crippen molar-refractivity contribution in [3.05, 3.63) is 95.0 Å². The van der Waals surface area contributed by atoms with Gasteiger partial charge in [-0.3, -0.25) is 13.9 Å². The van der Waals surface area contributed by atoms with E-state index in [0.717, 1.165) is 16.3 Å². The fraction of sp³-hybridized carbons (Fsp3) is 0.333. The van der Waals surface area contributed by atoms with Gasteiger partial charge in [-0.1, -0.05) is 74.0 Å². The third-order valence-corrected chi connectivity index (χ3v) is 8.67. The van der Waals surface area contributed by atoms with Crippen LogP contribution >= 0.6 is 11.6 Å². The fourth-order valence-electron chi connectivity index (χ4n) is 4.22. The van der Waals surface area contributed by atoms with Gasteiger partial charge in [0.15, 0.2) is 0 Å². The third kappa shape index (κ3) is 7.61. The lowest BCUT2D eigenvalue weighted by atomic mass is 10.1. The van der Waals surface area contributed by atoms with Gasteiger partial charge in [-0.2, -0.15) is 0 Å². The molecule has 0 spiro atoms. The van der Waals surface area contributed by atoms with Crippen molar-refractivity contribution in [1.29, 1.82) is 0 Å². The smallest absolute Gasteiger partial charge is 0.264 e. The van der Waals surface area contributed by atoms with Gasteiger partial charge in [0.2, 0.25) is 11.8 Å². The second-order valence-corrected chi connectivity index (χ2v) is 11.8. The Bertz CT molecular complexity index is 1360. The normalized spacial score (nSPS) is 12.8. The number of aryl methyl sites for hydroxylation is 1. The van der Waals surface area contributed by atoms with E-state index >= 15 is 0 Å². The molecule has 3 aromatic carbocycles. The Morgan fingerprint density at radius 1 is 0.897 bits per heavy atom. The van der Waals surface area contributed by atoms with Gasteiger partial charge in [0.25, 0.3) is 10.0 Å². The maximum absolute atomic E-state index is 14.1. The van der Waals surface area contributed by atoms with Gasteiger partial charge in [0, 0.05) is 17.6 Å². The van der Waals surface area contributed by atoms with Crippen molar-refractivity contribution in [2.24, 2.45) is 0 Å². The van der Waals surface area contributed by atoms with Gasteiger partial charge in [-0.05, 0) is 68.1 Å². The molecule has 0 aliphatic heterocycles. The van der Waals surface area contributed by atoms with Crippen LogP contribution in [-0.4, -0.2) is 43.8 Å². The predicted octanol–water partition coefficient (Wildman–Crippen LogP) is 5.57. The van der Waals surface area contributed by atoms with Gasteiger partial charge >= 0.3 is 0 Å². The van der Waals surface area contributed by atoms with Crippen molar-refractivity contribution in [3.63, 3.8) is 0 Å². The van der Waals surface area contributed by atoms with E-state index in [1.165, 1.54) is 17.0 Å². The minimum absolute atomic E-state index is 0.0686. The van der Waals surface area contributed by atoms with Crippen LogP contribution in [0.2, 0.25) is 5.02 Å². The van der Waals surface area contributed by atoms with Crippen molar-refractivity contribution in [3.8, 4) is 0 Å². The molecule has 3 rings (SSSR count). The van der Waals surface area contributed by atoms with Crippen LogP contribution in [-0.2, 0) is 26.2 Å². The zero-order valence-corrected chi connectivity index (χ0v) is 24.4. The number of nitrogens with zero attached hydrogens (tertiary/aromatic N) is 2. The number of rotatable bonds is 12. The molecule has 9 heteroatoms. The first-order valence-corrected chi connectivity index (χ1v) is 14.9. The first kappa shape index (κ1) is 30.2. The average Bonchev–Trinajstić information content (AvgIpc) is 2.93. The summed E-state index contributed by atoms with van der Waals surface area (Å²) in [5.74, 6) is -0.763. The topological polar surface area (TPSA) is 86.8 Å². The SMILES string of the molecule is CCC(C)NC(=O)C(CC)N(Cc1ccc(Cl)cc1)C(=O)CN(c1ccccc1C)S(=O)(=O)c1ccccc1. The molecule has 0 radical (unpaired) electrons. The monoisotopic (exact) mass is 569 g/mol. The first-order chi connectivity index (χ1) is 18.6. The number of hydrogen-bond acceptors (Lipinski definition) is 4. The molecule has 2 amide bonds. The van der Waals surface area contributed by atoms with E-state index < -0.39 is 28.5 Å². The average molecular weight is 570 g/mol. The highest BCUT2D eigenvalue weighted by Crippen LogP contribution is 2.27. The summed E-state index contributed by atoms with van der Waals surface area (Å²) in [5.41, 5.74) is 1.88. The van der Waals surface area contributed by atoms with E-state index in [2.05, 4.69) is 5.32 Å². The van der Waals surface area contributed by atoms with Crippen molar-refractivity contribution < 1.29 is 18.0 Å². The van der Waals surface area contributed by atoms with E-state index in [9.17, 15) is 18.0 Å². The number of amides is 2. The number of nitrogens with one attached hydrogen (secondary N) is 1. The molecule has 0 aromatic heterocycles.